The van der Waals surface area contributed by atoms with Crippen LogP contribution >= 0.6 is 11.6 Å². The second-order valence-corrected chi connectivity index (χ2v) is 16.4. The van der Waals surface area contributed by atoms with Gasteiger partial charge < -0.3 is 0 Å². The van der Waals surface area contributed by atoms with Crippen LogP contribution in [0.2, 0.25) is 0 Å². The van der Waals surface area contributed by atoms with Crippen LogP contribution in [0, 0.1) is 10.8 Å². The summed E-state index contributed by atoms with van der Waals surface area (Å²) in [6.45, 7) is 11.3. The standard InChI is InChI=1S/C32H35ClO7S2/c1-31(2,3)19-39-41(35,36)23-13-15-25-21(17-23)9-7-11-27(25)29(30(33)34)28-12-8-10-22-18-24(14-16-26(22)28)42(37,38)40-20-32(4,5)6/h7-18,29H,19-20H2,1-6H3. The molecule has 0 radical (unpaired) electrons. The number of rotatable bonds is 9. The molecule has 0 heterocycles. The predicted octanol–water partition coefficient (Wildman–Crippen LogP) is 7.39. The van der Waals surface area contributed by atoms with Crippen molar-refractivity contribution in [1.29, 1.82) is 0 Å². The van der Waals surface area contributed by atoms with Gasteiger partial charge in [-0.3, -0.25) is 13.2 Å². The summed E-state index contributed by atoms with van der Waals surface area (Å²) in [5.41, 5.74) is 0.497. The van der Waals surface area contributed by atoms with Crippen LogP contribution in [0.3, 0.4) is 0 Å². The maximum Gasteiger partial charge on any atom is 0.297 e. The predicted molar refractivity (Wildman–Crippen MR) is 166 cm³/mol. The number of carbonyl (C=O) groups is 1. The van der Waals surface area contributed by atoms with Gasteiger partial charge in [-0.15, -0.1) is 0 Å². The van der Waals surface area contributed by atoms with E-state index in [-0.39, 0.29) is 33.8 Å². The quantitative estimate of drug-likeness (QED) is 0.140. The first kappa shape index (κ1) is 32.1. The van der Waals surface area contributed by atoms with E-state index < -0.39 is 31.4 Å². The lowest BCUT2D eigenvalue weighted by atomic mass is 9.86. The van der Waals surface area contributed by atoms with E-state index in [1.54, 1.807) is 48.5 Å². The van der Waals surface area contributed by atoms with Crippen LogP contribution in [0.5, 0.6) is 0 Å². The van der Waals surface area contributed by atoms with E-state index in [1.165, 1.54) is 24.3 Å². The summed E-state index contributed by atoms with van der Waals surface area (Å²) < 4.78 is 62.0. The zero-order chi connectivity index (χ0) is 31.1. The highest BCUT2D eigenvalue weighted by atomic mass is 35.5. The number of hydrogen-bond donors (Lipinski definition) is 0. The fourth-order valence-corrected chi connectivity index (χ4v) is 6.98. The molecule has 0 unspecified atom stereocenters. The summed E-state index contributed by atoms with van der Waals surface area (Å²) in [4.78, 5) is 13.0. The van der Waals surface area contributed by atoms with Gasteiger partial charge in [0.15, 0.2) is 0 Å². The molecule has 42 heavy (non-hydrogen) atoms. The van der Waals surface area contributed by atoms with E-state index in [9.17, 15) is 21.6 Å². The van der Waals surface area contributed by atoms with Crippen LogP contribution in [0.4, 0.5) is 0 Å². The molecule has 0 aliphatic carbocycles. The average molecular weight is 631 g/mol. The number of hydrogen-bond acceptors (Lipinski definition) is 7. The van der Waals surface area contributed by atoms with Gasteiger partial charge in [0, 0.05) is 0 Å². The molecule has 224 valence electrons. The highest BCUT2D eigenvalue weighted by Crippen LogP contribution is 2.37. The first-order valence-electron chi connectivity index (χ1n) is 13.4. The smallest absolute Gasteiger partial charge is 0.280 e. The minimum absolute atomic E-state index is 0.0118. The lowest BCUT2D eigenvalue weighted by molar-refractivity contribution is -0.112. The average Bonchev–Trinajstić information content (AvgIpc) is 2.90. The molecule has 0 saturated heterocycles. The maximum atomic E-state index is 13.0. The summed E-state index contributed by atoms with van der Waals surface area (Å²) in [7, 11) is -7.99. The third-order valence-electron chi connectivity index (χ3n) is 6.49. The Morgan fingerprint density at radius 1 is 0.667 bits per heavy atom. The molecule has 4 aromatic carbocycles. The molecular formula is C32H35ClO7S2. The first-order chi connectivity index (χ1) is 19.4. The minimum atomic E-state index is -4.00. The Bertz CT molecular complexity index is 1740. The molecule has 4 rings (SSSR count). The number of benzene rings is 4. The molecule has 0 amide bonds. The Morgan fingerprint density at radius 2 is 1.05 bits per heavy atom. The third kappa shape index (κ3) is 7.38. The van der Waals surface area contributed by atoms with Crippen LogP contribution in [-0.4, -0.2) is 35.3 Å². The molecular weight excluding hydrogens is 596 g/mol. The van der Waals surface area contributed by atoms with Crippen molar-refractivity contribution in [3.63, 3.8) is 0 Å². The number of halogens is 1. The van der Waals surface area contributed by atoms with E-state index in [2.05, 4.69) is 0 Å². The van der Waals surface area contributed by atoms with Crippen molar-refractivity contribution >= 4 is 58.6 Å². The van der Waals surface area contributed by atoms with Crippen LogP contribution in [0.1, 0.15) is 58.6 Å². The van der Waals surface area contributed by atoms with Crippen molar-refractivity contribution in [3.8, 4) is 0 Å². The molecule has 10 heteroatoms. The fourth-order valence-electron chi connectivity index (χ4n) is 4.44. The second-order valence-electron chi connectivity index (χ2n) is 12.8. The van der Waals surface area contributed by atoms with E-state index in [0.29, 0.717) is 32.7 Å². The largest absolute Gasteiger partial charge is 0.297 e. The van der Waals surface area contributed by atoms with Gasteiger partial charge in [-0.2, -0.15) is 16.8 Å². The molecule has 0 fully saturated rings. The van der Waals surface area contributed by atoms with Gasteiger partial charge in [-0.25, -0.2) is 0 Å². The zero-order valence-electron chi connectivity index (χ0n) is 24.5. The molecule has 7 nitrogen and oxygen atoms in total. The van der Waals surface area contributed by atoms with Crippen molar-refractivity contribution < 1.29 is 30.0 Å². The highest BCUT2D eigenvalue weighted by Gasteiger charge is 2.27. The zero-order valence-corrected chi connectivity index (χ0v) is 26.9. The van der Waals surface area contributed by atoms with Gasteiger partial charge >= 0.3 is 0 Å². The summed E-state index contributed by atoms with van der Waals surface area (Å²) >= 11 is 6.22. The van der Waals surface area contributed by atoms with E-state index >= 15 is 0 Å². The van der Waals surface area contributed by atoms with E-state index in [4.69, 9.17) is 20.0 Å². The minimum Gasteiger partial charge on any atom is -0.280 e. The van der Waals surface area contributed by atoms with Gasteiger partial charge in [-0.05, 0) is 79.4 Å². The Hall–Kier alpha value is -2.82. The van der Waals surface area contributed by atoms with Crippen LogP contribution in [-0.2, 0) is 33.4 Å². The fraction of sp³-hybridized carbons (Fsp3) is 0.344. The molecule has 0 bridgehead atoms. The van der Waals surface area contributed by atoms with Crippen LogP contribution < -0.4 is 0 Å². The molecule has 0 N–H and O–H groups in total. The summed E-state index contributed by atoms with van der Waals surface area (Å²) in [5, 5.41) is 1.86. The van der Waals surface area contributed by atoms with Crippen LogP contribution in [0.15, 0.2) is 82.6 Å². The van der Waals surface area contributed by atoms with Crippen LogP contribution in [0.25, 0.3) is 21.5 Å². The van der Waals surface area contributed by atoms with Gasteiger partial charge in [0.25, 0.3) is 20.2 Å². The van der Waals surface area contributed by atoms with Crippen molar-refractivity contribution in [2.75, 3.05) is 13.2 Å². The SMILES string of the molecule is CC(C)(C)COS(=O)(=O)c1ccc2c(C(C(=O)Cl)c3cccc4cc(S(=O)(=O)OCC(C)(C)C)ccc34)cccc2c1. The summed E-state index contributed by atoms with van der Waals surface area (Å²) in [6, 6.07) is 19.8. The van der Waals surface area contributed by atoms with Gasteiger partial charge in [0.05, 0.1) is 28.9 Å². The molecule has 0 spiro atoms. The number of carbonyl (C=O) groups excluding carboxylic acids is 1. The highest BCUT2D eigenvalue weighted by molar-refractivity contribution is 7.87. The Balaban J connectivity index is 1.78. The van der Waals surface area contributed by atoms with Crippen molar-refractivity contribution in [2.45, 2.75) is 57.3 Å². The summed E-state index contributed by atoms with van der Waals surface area (Å²) in [5.74, 6) is -0.904. The molecule has 0 saturated carbocycles. The van der Waals surface area contributed by atoms with Crippen molar-refractivity contribution in [3.05, 3.63) is 83.9 Å². The number of fused-ring (bicyclic) bond motifs is 2. The van der Waals surface area contributed by atoms with Crippen molar-refractivity contribution in [1.82, 2.24) is 0 Å². The van der Waals surface area contributed by atoms with Gasteiger partial charge in [0.1, 0.15) is 0 Å². The van der Waals surface area contributed by atoms with E-state index in [0.717, 1.165) is 0 Å². The Morgan fingerprint density at radius 3 is 1.38 bits per heavy atom. The first-order valence-corrected chi connectivity index (χ1v) is 16.6. The molecule has 0 aliphatic heterocycles. The molecule has 0 aliphatic rings. The van der Waals surface area contributed by atoms with Gasteiger partial charge in [0.2, 0.25) is 5.24 Å². The van der Waals surface area contributed by atoms with E-state index in [1.807, 2.05) is 41.5 Å². The third-order valence-corrected chi connectivity index (χ3v) is 9.23. The lowest BCUT2D eigenvalue weighted by Crippen LogP contribution is -2.18. The molecule has 4 aromatic rings. The van der Waals surface area contributed by atoms with Crippen molar-refractivity contribution in [2.24, 2.45) is 10.8 Å². The Kier molecular flexibility index (Phi) is 8.94. The lowest BCUT2D eigenvalue weighted by Gasteiger charge is -2.20. The normalized spacial score (nSPS) is 13.2. The van der Waals surface area contributed by atoms with Gasteiger partial charge in [-0.1, -0.05) is 90.1 Å². The molecule has 0 aromatic heterocycles. The Labute approximate surface area is 253 Å². The summed E-state index contributed by atoms with van der Waals surface area (Å²) in [6.07, 6.45) is 0. The topological polar surface area (TPSA) is 104 Å². The molecule has 0 atom stereocenters. The monoisotopic (exact) mass is 630 g/mol. The second kappa shape index (κ2) is 11.7. The maximum absolute atomic E-state index is 13.0.